The summed E-state index contributed by atoms with van der Waals surface area (Å²) < 4.78 is 7.27. The van der Waals surface area contributed by atoms with Gasteiger partial charge in [-0.3, -0.25) is 14.3 Å². The van der Waals surface area contributed by atoms with Crippen molar-refractivity contribution in [1.29, 1.82) is 0 Å². The van der Waals surface area contributed by atoms with E-state index in [9.17, 15) is 4.79 Å². The van der Waals surface area contributed by atoms with E-state index in [2.05, 4.69) is 20.2 Å². The summed E-state index contributed by atoms with van der Waals surface area (Å²) in [4.78, 5) is 23.9. The third-order valence-electron chi connectivity index (χ3n) is 6.50. The lowest BCUT2D eigenvalue weighted by Gasteiger charge is -2.33. The van der Waals surface area contributed by atoms with Gasteiger partial charge in [0.25, 0.3) is 5.56 Å². The van der Waals surface area contributed by atoms with Crippen molar-refractivity contribution in [3.63, 3.8) is 0 Å². The summed E-state index contributed by atoms with van der Waals surface area (Å²) in [7, 11) is 0. The highest BCUT2D eigenvalue weighted by Crippen LogP contribution is 2.39. The number of piperidine rings is 1. The lowest BCUT2D eigenvalue weighted by atomic mass is 9.78. The highest BCUT2D eigenvalue weighted by molar-refractivity contribution is 6.30. The third-order valence-corrected chi connectivity index (χ3v) is 6.73. The number of hydrogen-bond acceptors (Lipinski definition) is 6. The van der Waals surface area contributed by atoms with Crippen LogP contribution in [0.15, 0.2) is 59.8 Å². The Labute approximate surface area is 192 Å². The topological polar surface area (TPSA) is 72.3 Å². The highest BCUT2D eigenvalue weighted by atomic mass is 35.5. The first kappa shape index (κ1) is 21.0. The molecule has 7 nitrogen and oxygen atoms in total. The summed E-state index contributed by atoms with van der Waals surface area (Å²) in [5.74, 6) is 1.48. The van der Waals surface area contributed by atoms with Crippen LogP contribution in [-0.4, -0.2) is 40.7 Å². The summed E-state index contributed by atoms with van der Waals surface area (Å²) in [5, 5.41) is 4.04. The van der Waals surface area contributed by atoms with Crippen LogP contribution in [0.4, 0.5) is 5.82 Å². The van der Waals surface area contributed by atoms with Crippen LogP contribution < -0.4 is 20.5 Å². The molecular weight excluding hydrogens is 426 g/mol. The maximum absolute atomic E-state index is 12.6. The van der Waals surface area contributed by atoms with Crippen LogP contribution in [0.2, 0.25) is 5.02 Å². The second-order valence-electron chi connectivity index (χ2n) is 8.62. The summed E-state index contributed by atoms with van der Waals surface area (Å²) in [6.07, 6.45) is 8.75. The molecule has 2 saturated heterocycles. The molecular formula is C24H26ClN5O2. The number of rotatable bonds is 5. The van der Waals surface area contributed by atoms with E-state index in [-0.39, 0.29) is 12.2 Å². The van der Waals surface area contributed by atoms with Gasteiger partial charge in [-0.25, -0.2) is 4.98 Å². The molecule has 0 radical (unpaired) electrons. The van der Waals surface area contributed by atoms with Gasteiger partial charge in [0.1, 0.15) is 18.2 Å². The predicted octanol–water partition coefficient (Wildman–Crippen LogP) is 3.44. The Morgan fingerprint density at radius 3 is 2.66 bits per heavy atom. The van der Waals surface area contributed by atoms with Crippen molar-refractivity contribution in [3.05, 3.63) is 76.1 Å². The standard InChI is InChI=1S/C24H26ClN5O2/c25-18-1-2-19(27-14-18)16-32-21-5-11-30(23(31)13-21)20-3-4-22(28-15-20)29-12-8-24(17-29)6-9-26-10-7-24/h1-5,11,13-15,26H,6-10,12,16-17H2. The minimum Gasteiger partial charge on any atom is -0.487 e. The monoisotopic (exact) mass is 451 g/mol. The first-order valence-corrected chi connectivity index (χ1v) is 11.4. The van der Waals surface area contributed by atoms with E-state index < -0.39 is 0 Å². The molecule has 0 unspecified atom stereocenters. The SMILES string of the molecule is O=c1cc(OCc2ccc(Cl)cn2)ccn1-c1ccc(N2CCC3(CCNCC3)C2)nc1. The molecule has 5 rings (SSSR count). The van der Waals surface area contributed by atoms with E-state index in [1.165, 1.54) is 25.3 Å². The Morgan fingerprint density at radius 2 is 1.94 bits per heavy atom. The Hall–Kier alpha value is -2.90. The molecule has 0 aromatic carbocycles. The molecule has 166 valence electrons. The molecule has 2 fully saturated rings. The van der Waals surface area contributed by atoms with Gasteiger partial charge >= 0.3 is 0 Å². The van der Waals surface area contributed by atoms with Crippen LogP contribution in [0.5, 0.6) is 5.75 Å². The van der Waals surface area contributed by atoms with Gasteiger partial charge in [-0.05, 0) is 68.1 Å². The average molecular weight is 452 g/mol. The highest BCUT2D eigenvalue weighted by Gasteiger charge is 2.39. The normalized spacial score (nSPS) is 17.6. The van der Waals surface area contributed by atoms with Gasteiger partial charge in [0.15, 0.2) is 0 Å². The maximum Gasteiger partial charge on any atom is 0.258 e. The minimum absolute atomic E-state index is 0.170. The Balaban J connectivity index is 1.25. The third kappa shape index (κ3) is 4.49. The van der Waals surface area contributed by atoms with Crippen molar-refractivity contribution in [1.82, 2.24) is 19.9 Å². The lowest BCUT2D eigenvalue weighted by Crippen LogP contribution is -2.38. The molecule has 3 aromatic heterocycles. The van der Waals surface area contributed by atoms with Crippen molar-refractivity contribution in [3.8, 4) is 11.4 Å². The lowest BCUT2D eigenvalue weighted by molar-refractivity contribution is 0.232. The fourth-order valence-electron chi connectivity index (χ4n) is 4.62. The van der Waals surface area contributed by atoms with Crippen molar-refractivity contribution in [2.45, 2.75) is 25.9 Å². The van der Waals surface area contributed by atoms with Crippen LogP contribution in [0.25, 0.3) is 5.69 Å². The molecule has 0 saturated carbocycles. The molecule has 2 aliphatic rings. The van der Waals surface area contributed by atoms with Crippen molar-refractivity contribution >= 4 is 17.4 Å². The zero-order valence-electron chi connectivity index (χ0n) is 17.8. The Kier molecular flexibility index (Phi) is 5.85. The second kappa shape index (κ2) is 8.92. The number of anilines is 1. The van der Waals surface area contributed by atoms with E-state index in [0.29, 0.717) is 16.2 Å². The first-order valence-electron chi connectivity index (χ1n) is 11.0. The Bertz CT molecular complexity index is 1120. The van der Waals surface area contributed by atoms with E-state index in [1.54, 1.807) is 41.4 Å². The van der Waals surface area contributed by atoms with Gasteiger partial charge in [-0.15, -0.1) is 0 Å². The smallest absolute Gasteiger partial charge is 0.258 e. The van der Waals surface area contributed by atoms with Crippen molar-refractivity contribution in [2.24, 2.45) is 5.41 Å². The van der Waals surface area contributed by atoms with Crippen LogP contribution in [-0.2, 0) is 6.61 Å². The molecule has 1 spiro atoms. The fraction of sp³-hybridized carbons (Fsp3) is 0.375. The number of halogens is 1. The van der Waals surface area contributed by atoms with Gasteiger partial charge in [0, 0.05) is 31.5 Å². The average Bonchev–Trinajstić information content (AvgIpc) is 3.22. The van der Waals surface area contributed by atoms with Crippen molar-refractivity contribution < 1.29 is 4.74 Å². The van der Waals surface area contributed by atoms with Crippen LogP contribution in [0.3, 0.4) is 0 Å². The summed E-state index contributed by atoms with van der Waals surface area (Å²) in [6.45, 7) is 4.60. The molecule has 1 N–H and O–H groups in total. The number of aromatic nitrogens is 3. The number of hydrogen-bond donors (Lipinski definition) is 1. The Morgan fingerprint density at radius 1 is 1.06 bits per heavy atom. The molecule has 5 heterocycles. The van der Waals surface area contributed by atoms with Crippen LogP contribution >= 0.6 is 11.6 Å². The maximum atomic E-state index is 12.6. The molecule has 0 bridgehead atoms. The molecule has 32 heavy (non-hydrogen) atoms. The number of pyridine rings is 3. The van der Waals surface area contributed by atoms with Gasteiger partial charge in [-0.1, -0.05) is 11.6 Å². The molecule has 8 heteroatoms. The van der Waals surface area contributed by atoms with E-state index in [4.69, 9.17) is 16.3 Å². The van der Waals surface area contributed by atoms with E-state index in [1.807, 2.05) is 12.1 Å². The molecule has 0 amide bonds. The van der Waals surface area contributed by atoms with Gasteiger partial charge in [0.2, 0.25) is 0 Å². The number of nitrogens with one attached hydrogen (secondary N) is 1. The zero-order valence-corrected chi connectivity index (χ0v) is 18.6. The number of nitrogens with zero attached hydrogens (tertiary/aromatic N) is 4. The molecule has 0 aliphatic carbocycles. The van der Waals surface area contributed by atoms with Crippen LogP contribution in [0, 0.1) is 5.41 Å². The van der Waals surface area contributed by atoms with E-state index >= 15 is 0 Å². The zero-order chi connectivity index (χ0) is 22.0. The van der Waals surface area contributed by atoms with Gasteiger partial charge in [-0.2, -0.15) is 0 Å². The molecule has 3 aromatic rings. The quantitative estimate of drug-likeness (QED) is 0.640. The summed E-state index contributed by atoms with van der Waals surface area (Å²) >= 11 is 5.85. The van der Waals surface area contributed by atoms with Gasteiger partial charge in [0.05, 0.1) is 22.6 Å². The minimum atomic E-state index is -0.170. The summed E-state index contributed by atoms with van der Waals surface area (Å²) in [5.41, 5.74) is 1.74. The second-order valence-corrected chi connectivity index (χ2v) is 9.06. The summed E-state index contributed by atoms with van der Waals surface area (Å²) in [6, 6.07) is 10.8. The molecule has 2 aliphatic heterocycles. The largest absolute Gasteiger partial charge is 0.487 e. The van der Waals surface area contributed by atoms with E-state index in [0.717, 1.165) is 43.4 Å². The number of ether oxygens (including phenoxy) is 1. The predicted molar refractivity (Wildman–Crippen MR) is 125 cm³/mol. The van der Waals surface area contributed by atoms with Crippen molar-refractivity contribution in [2.75, 3.05) is 31.1 Å². The fourth-order valence-corrected chi connectivity index (χ4v) is 4.73. The first-order chi connectivity index (χ1) is 15.6. The molecule has 0 atom stereocenters. The van der Waals surface area contributed by atoms with Gasteiger partial charge < -0.3 is 15.0 Å². The van der Waals surface area contributed by atoms with Crippen LogP contribution in [0.1, 0.15) is 25.0 Å².